The standard InChI is InChI=1S/C10H18O7/c1-9(11)16-5-3-13-7-15-8-14-4-6-17-10(2)12/h3-8H2,1-2H3. The molecule has 0 aromatic heterocycles. The van der Waals surface area contributed by atoms with Crippen LogP contribution in [0.5, 0.6) is 0 Å². The van der Waals surface area contributed by atoms with E-state index in [0.717, 1.165) is 0 Å². The smallest absolute Gasteiger partial charge is 0.302 e. The molecule has 0 aliphatic carbocycles. The molecule has 0 atom stereocenters. The molecule has 0 rings (SSSR count). The lowest BCUT2D eigenvalue weighted by Crippen LogP contribution is -2.12. The highest BCUT2D eigenvalue weighted by molar-refractivity contribution is 5.66. The largest absolute Gasteiger partial charge is 0.463 e. The maximum absolute atomic E-state index is 10.4. The lowest BCUT2D eigenvalue weighted by molar-refractivity contribution is -0.156. The van der Waals surface area contributed by atoms with Gasteiger partial charge in [0.05, 0.1) is 13.2 Å². The summed E-state index contributed by atoms with van der Waals surface area (Å²) in [5.41, 5.74) is 0. The number of ether oxygens (including phenoxy) is 5. The second kappa shape index (κ2) is 11.3. The van der Waals surface area contributed by atoms with Crippen LogP contribution in [-0.4, -0.2) is 52.0 Å². The molecule has 0 unspecified atom stereocenters. The van der Waals surface area contributed by atoms with Crippen LogP contribution in [0.4, 0.5) is 0 Å². The van der Waals surface area contributed by atoms with Crippen molar-refractivity contribution in [3.05, 3.63) is 0 Å². The van der Waals surface area contributed by atoms with Gasteiger partial charge in [0.1, 0.15) is 26.8 Å². The molecule has 0 amide bonds. The lowest BCUT2D eigenvalue weighted by atomic mass is 10.7. The first-order chi connectivity index (χ1) is 8.13. The zero-order valence-corrected chi connectivity index (χ0v) is 10.1. The first-order valence-electron chi connectivity index (χ1n) is 5.13. The SMILES string of the molecule is CC(=O)OCCOCOCOCCOC(C)=O. The van der Waals surface area contributed by atoms with Crippen LogP contribution >= 0.6 is 0 Å². The van der Waals surface area contributed by atoms with Crippen LogP contribution in [0.25, 0.3) is 0 Å². The van der Waals surface area contributed by atoms with E-state index in [-0.39, 0.29) is 52.0 Å². The fraction of sp³-hybridized carbons (Fsp3) is 0.800. The van der Waals surface area contributed by atoms with E-state index in [1.54, 1.807) is 0 Å². The van der Waals surface area contributed by atoms with E-state index in [2.05, 4.69) is 9.47 Å². The van der Waals surface area contributed by atoms with Crippen molar-refractivity contribution in [1.29, 1.82) is 0 Å². The molecular weight excluding hydrogens is 232 g/mol. The summed E-state index contributed by atoms with van der Waals surface area (Å²) in [4.78, 5) is 20.7. The lowest BCUT2D eigenvalue weighted by Gasteiger charge is -2.07. The molecule has 17 heavy (non-hydrogen) atoms. The van der Waals surface area contributed by atoms with Gasteiger partial charge in [0.2, 0.25) is 0 Å². The van der Waals surface area contributed by atoms with Crippen LogP contribution in [-0.2, 0) is 33.3 Å². The molecule has 0 spiro atoms. The molecule has 0 heterocycles. The Morgan fingerprint density at radius 3 is 1.47 bits per heavy atom. The van der Waals surface area contributed by atoms with E-state index < -0.39 is 0 Å². The number of carbonyl (C=O) groups is 2. The van der Waals surface area contributed by atoms with E-state index in [9.17, 15) is 9.59 Å². The summed E-state index contributed by atoms with van der Waals surface area (Å²) in [6, 6.07) is 0. The van der Waals surface area contributed by atoms with Crippen LogP contribution in [0.2, 0.25) is 0 Å². The van der Waals surface area contributed by atoms with Gasteiger partial charge in [-0.1, -0.05) is 0 Å². The first-order valence-corrected chi connectivity index (χ1v) is 5.13. The number of hydrogen-bond donors (Lipinski definition) is 0. The average molecular weight is 250 g/mol. The monoisotopic (exact) mass is 250 g/mol. The molecule has 0 saturated heterocycles. The van der Waals surface area contributed by atoms with Crippen molar-refractivity contribution in [2.75, 3.05) is 40.0 Å². The zero-order chi connectivity index (χ0) is 12.9. The Morgan fingerprint density at radius 1 is 0.706 bits per heavy atom. The van der Waals surface area contributed by atoms with Crippen molar-refractivity contribution in [2.45, 2.75) is 13.8 Å². The van der Waals surface area contributed by atoms with Crippen LogP contribution in [0, 0.1) is 0 Å². The third-order valence-electron chi connectivity index (χ3n) is 1.40. The van der Waals surface area contributed by atoms with E-state index in [4.69, 9.17) is 14.2 Å². The third-order valence-corrected chi connectivity index (χ3v) is 1.40. The summed E-state index contributed by atoms with van der Waals surface area (Å²) in [6.07, 6.45) is 0. The van der Waals surface area contributed by atoms with Gasteiger partial charge in [0.25, 0.3) is 0 Å². The Hall–Kier alpha value is -1.18. The van der Waals surface area contributed by atoms with Crippen LogP contribution in [0.1, 0.15) is 13.8 Å². The molecule has 7 heteroatoms. The van der Waals surface area contributed by atoms with E-state index in [1.165, 1.54) is 13.8 Å². The van der Waals surface area contributed by atoms with Crippen LogP contribution < -0.4 is 0 Å². The molecule has 0 fully saturated rings. The number of hydrogen-bond acceptors (Lipinski definition) is 7. The molecule has 7 nitrogen and oxygen atoms in total. The van der Waals surface area contributed by atoms with Crippen molar-refractivity contribution in [3.8, 4) is 0 Å². The minimum Gasteiger partial charge on any atom is -0.463 e. The minimum atomic E-state index is -0.344. The fourth-order valence-electron chi connectivity index (χ4n) is 0.758. The second-order valence-electron chi connectivity index (χ2n) is 2.94. The molecule has 0 N–H and O–H groups in total. The highest BCUT2D eigenvalue weighted by Crippen LogP contribution is 1.84. The molecule has 0 aliphatic heterocycles. The van der Waals surface area contributed by atoms with Gasteiger partial charge in [-0.2, -0.15) is 0 Å². The molecule has 0 aromatic carbocycles. The van der Waals surface area contributed by atoms with Gasteiger partial charge in [-0.25, -0.2) is 0 Å². The van der Waals surface area contributed by atoms with Crippen LogP contribution in [0.3, 0.4) is 0 Å². The third kappa shape index (κ3) is 14.8. The first kappa shape index (κ1) is 15.8. The fourth-order valence-corrected chi connectivity index (χ4v) is 0.758. The molecular formula is C10H18O7. The zero-order valence-electron chi connectivity index (χ0n) is 10.1. The van der Waals surface area contributed by atoms with Gasteiger partial charge in [0.15, 0.2) is 0 Å². The van der Waals surface area contributed by atoms with Gasteiger partial charge in [-0.15, -0.1) is 0 Å². The maximum atomic E-state index is 10.4. The summed E-state index contributed by atoms with van der Waals surface area (Å²) in [6.45, 7) is 3.70. The van der Waals surface area contributed by atoms with Crippen molar-refractivity contribution in [2.24, 2.45) is 0 Å². The van der Waals surface area contributed by atoms with Crippen molar-refractivity contribution >= 4 is 11.9 Å². The van der Waals surface area contributed by atoms with Crippen molar-refractivity contribution in [1.82, 2.24) is 0 Å². The van der Waals surface area contributed by atoms with E-state index in [1.807, 2.05) is 0 Å². The topological polar surface area (TPSA) is 80.3 Å². The molecule has 0 radical (unpaired) electrons. The van der Waals surface area contributed by atoms with E-state index >= 15 is 0 Å². The summed E-state index contributed by atoms with van der Waals surface area (Å²) < 4.78 is 24.1. The molecule has 0 bridgehead atoms. The Bertz CT molecular complexity index is 195. The Labute approximate surface area is 99.9 Å². The summed E-state index contributed by atoms with van der Waals surface area (Å²) in [7, 11) is 0. The average Bonchev–Trinajstić information content (AvgIpc) is 2.25. The normalized spacial score (nSPS) is 10.0. The number of rotatable bonds is 10. The highest BCUT2D eigenvalue weighted by atomic mass is 16.7. The Morgan fingerprint density at radius 2 is 1.12 bits per heavy atom. The minimum absolute atomic E-state index is 0.0504. The predicted molar refractivity (Wildman–Crippen MR) is 56.0 cm³/mol. The maximum Gasteiger partial charge on any atom is 0.302 e. The van der Waals surface area contributed by atoms with Gasteiger partial charge in [-0.05, 0) is 0 Å². The van der Waals surface area contributed by atoms with E-state index in [0.29, 0.717) is 0 Å². The summed E-state index contributed by atoms with van der Waals surface area (Å²) in [5.74, 6) is -0.688. The van der Waals surface area contributed by atoms with Crippen LogP contribution in [0.15, 0.2) is 0 Å². The van der Waals surface area contributed by atoms with Gasteiger partial charge in [0, 0.05) is 13.8 Å². The van der Waals surface area contributed by atoms with Crippen molar-refractivity contribution < 1.29 is 33.3 Å². The van der Waals surface area contributed by atoms with Gasteiger partial charge in [-0.3, -0.25) is 9.59 Å². The predicted octanol–water partition coefficient (Wildman–Crippen LogP) is 0.0774. The second-order valence-corrected chi connectivity index (χ2v) is 2.94. The quantitative estimate of drug-likeness (QED) is 0.308. The molecule has 0 aromatic rings. The van der Waals surface area contributed by atoms with Gasteiger partial charge >= 0.3 is 11.9 Å². The number of carbonyl (C=O) groups excluding carboxylic acids is 2. The molecule has 0 saturated carbocycles. The summed E-state index contributed by atoms with van der Waals surface area (Å²) >= 11 is 0. The van der Waals surface area contributed by atoms with Gasteiger partial charge < -0.3 is 23.7 Å². The highest BCUT2D eigenvalue weighted by Gasteiger charge is 1.94. The molecule has 0 aliphatic rings. The van der Waals surface area contributed by atoms with Crippen molar-refractivity contribution in [3.63, 3.8) is 0 Å². The Kier molecular flexibility index (Phi) is 10.5. The molecule has 100 valence electrons. The summed E-state index contributed by atoms with van der Waals surface area (Å²) in [5, 5.41) is 0. The number of esters is 2. The Balaban J connectivity index is 2.98.